The molecule has 0 spiro atoms. The van der Waals surface area contributed by atoms with Crippen molar-refractivity contribution in [1.82, 2.24) is 9.97 Å². The van der Waals surface area contributed by atoms with E-state index in [2.05, 4.69) is 9.97 Å². The average Bonchev–Trinajstić information content (AvgIpc) is 2.37. The Labute approximate surface area is 111 Å². The number of hydrogen-bond donors (Lipinski definition) is 1. The second-order valence-corrected chi connectivity index (χ2v) is 4.61. The minimum absolute atomic E-state index is 0.151. The van der Waals surface area contributed by atoms with Gasteiger partial charge in [0.1, 0.15) is 23.2 Å². The van der Waals surface area contributed by atoms with Gasteiger partial charge in [0.25, 0.3) is 0 Å². The zero-order chi connectivity index (χ0) is 14.0. The molecule has 100 valence electrons. The first-order chi connectivity index (χ1) is 8.97. The summed E-state index contributed by atoms with van der Waals surface area (Å²) < 4.78 is 18.5. The summed E-state index contributed by atoms with van der Waals surface area (Å²) in [6, 6.07) is 5.75. The molecule has 1 aromatic heterocycles. The number of nitrogens with two attached hydrogens (primary N) is 1. The second kappa shape index (κ2) is 5.22. The Kier molecular flexibility index (Phi) is 3.64. The van der Waals surface area contributed by atoms with Crippen molar-refractivity contribution in [2.45, 2.75) is 26.7 Å². The number of hydrogen-bond acceptors (Lipinski definition) is 4. The highest BCUT2D eigenvalue weighted by atomic mass is 19.1. The molecule has 0 atom stereocenters. The Hall–Kier alpha value is -2.17. The van der Waals surface area contributed by atoms with Crippen molar-refractivity contribution in [3.63, 3.8) is 0 Å². The Morgan fingerprint density at radius 3 is 2.37 bits per heavy atom. The lowest BCUT2D eigenvalue weighted by Gasteiger charge is -2.12. The molecule has 0 unspecified atom stereocenters. The molecule has 0 fully saturated rings. The summed E-state index contributed by atoms with van der Waals surface area (Å²) in [6.07, 6.45) is 0. The van der Waals surface area contributed by atoms with E-state index in [4.69, 9.17) is 10.5 Å². The molecule has 1 heterocycles. The molecule has 2 aromatic rings. The van der Waals surface area contributed by atoms with E-state index in [0.29, 0.717) is 28.8 Å². The molecule has 4 nitrogen and oxygen atoms in total. The predicted octanol–water partition coefficient (Wildman–Crippen LogP) is 3.42. The molecule has 0 aliphatic heterocycles. The maximum atomic E-state index is 12.8. The van der Waals surface area contributed by atoms with Crippen molar-refractivity contribution in [3.05, 3.63) is 41.5 Å². The summed E-state index contributed by atoms with van der Waals surface area (Å²) in [4.78, 5) is 8.56. The molecule has 19 heavy (non-hydrogen) atoms. The van der Waals surface area contributed by atoms with E-state index in [9.17, 15) is 4.39 Å². The summed E-state index contributed by atoms with van der Waals surface area (Å²) in [5.41, 5.74) is 6.52. The van der Waals surface area contributed by atoms with Gasteiger partial charge in [-0.1, -0.05) is 13.8 Å². The van der Waals surface area contributed by atoms with Crippen LogP contribution >= 0.6 is 0 Å². The van der Waals surface area contributed by atoms with Crippen LogP contribution in [0.4, 0.5) is 10.2 Å². The van der Waals surface area contributed by atoms with Crippen LogP contribution in [0, 0.1) is 12.7 Å². The third-order valence-corrected chi connectivity index (χ3v) is 2.70. The summed E-state index contributed by atoms with van der Waals surface area (Å²) in [7, 11) is 0. The highest BCUT2D eigenvalue weighted by Gasteiger charge is 2.13. The topological polar surface area (TPSA) is 61.0 Å². The zero-order valence-electron chi connectivity index (χ0n) is 11.1. The van der Waals surface area contributed by atoms with Crippen LogP contribution in [0.3, 0.4) is 0 Å². The van der Waals surface area contributed by atoms with Gasteiger partial charge in [-0.3, -0.25) is 0 Å². The third kappa shape index (κ3) is 2.99. The van der Waals surface area contributed by atoms with Crippen molar-refractivity contribution in [1.29, 1.82) is 0 Å². The Morgan fingerprint density at radius 1 is 1.16 bits per heavy atom. The Bertz CT molecular complexity index is 582. The number of rotatable bonds is 3. The molecule has 0 saturated heterocycles. The van der Waals surface area contributed by atoms with Crippen LogP contribution in [0.15, 0.2) is 24.3 Å². The number of ether oxygens (including phenoxy) is 1. The maximum Gasteiger partial charge on any atom is 0.227 e. The first-order valence-electron chi connectivity index (χ1n) is 6.05. The molecule has 0 aliphatic carbocycles. The highest BCUT2D eigenvalue weighted by molar-refractivity contribution is 5.46. The molecule has 0 aliphatic rings. The van der Waals surface area contributed by atoms with E-state index in [1.54, 1.807) is 19.1 Å². The van der Waals surface area contributed by atoms with Gasteiger partial charge in [0, 0.05) is 5.92 Å². The van der Waals surface area contributed by atoms with E-state index >= 15 is 0 Å². The van der Waals surface area contributed by atoms with Crippen molar-refractivity contribution in [3.8, 4) is 11.6 Å². The van der Waals surface area contributed by atoms with E-state index in [-0.39, 0.29) is 11.7 Å². The van der Waals surface area contributed by atoms with Gasteiger partial charge in [-0.15, -0.1) is 0 Å². The van der Waals surface area contributed by atoms with E-state index in [1.165, 1.54) is 12.1 Å². The highest BCUT2D eigenvalue weighted by Crippen LogP contribution is 2.27. The Balaban J connectivity index is 2.36. The largest absolute Gasteiger partial charge is 0.439 e. The molecule has 2 N–H and O–H groups in total. The van der Waals surface area contributed by atoms with Crippen molar-refractivity contribution >= 4 is 5.82 Å². The number of halogens is 1. The van der Waals surface area contributed by atoms with Crippen LogP contribution in [0.5, 0.6) is 11.6 Å². The number of nitrogens with zero attached hydrogens (tertiary/aromatic N) is 2. The summed E-state index contributed by atoms with van der Waals surface area (Å²) in [6.45, 7) is 5.75. The fourth-order valence-corrected chi connectivity index (χ4v) is 1.50. The van der Waals surface area contributed by atoms with Crippen molar-refractivity contribution < 1.29 is 9.13 Å². The van der Waals surface area contributed by atoms with Crippen LogP contribution in [0.1, 0.15) is 31.2 Å². The number of benzene rings is 1. The Morgan fingerprint density at radius 2 is 1.79 bits per heavy atom. The van der Waals surface area contributed by atoms with E-state index in [0.717, 1.165) is 0 Å². The smallest absolute Gasteiger partial charge is 0.227 e. The number of nitrogen functional groups attached to an aromatic ring is 1. The summed E-state index contributed by atoms with van der Waals surface area (Å²) in [5.74, 6) is 1.78. The van der Waals surface area contributed by atoms with Gasteiger partial charge in [0.05, 0.1) is 5.56 Å². The maximum absolute atomic E-state index is 12.8. The minimum Gasteiger partial charge on any atom is -0.439 e. The van der Waals surface area contributed by atoms with Gasteiger partial charge in [0.15, 0.2) is 0 Å². The number of aromatic nitrogens is 2. The lowest BCUT2D eigenvalue weighted by molar-refractivity contribution is 0.452. The second-order valence-electron chi connectivity index (χ2n) is 4.61. The summed E-state index contributed by atoms with van der Waals surface area (Å²) in [5, 5.41) is 0. The number of anilines is 1. The normalized spacial score (nSPS) is 10.8. The summed E-state index contributed by atoms with van der Waals surface area (Å²) >= 11 is 0. The average molecular weight is 261 g/mol. The molecule has 5 heteroatoms. The lowest BCUT2D eigenvalue weighted by atomic mass is 10.2. The van der Waals surface area contributed by atoms with Crippen molar-refractivity contribution in [2.24, 2.45) is 0 Å². The molecule has 0 radical (unpaired) electrons. The first-order valence-corrected chi connectivity index (χ1v) is 6.05. The molecular weight excluding hydrogens is 245 g/mol. The third-order valence-electron chi connectivity index (χ3n) is 2.70. The molecule has 1 aromatic carbocycles. The van der Waals surface area contributed by atoms with Gasteiger partial charge in [-0.05, 0) is 31.2 Å². The SMILES string of the molecule is Cc1c(N)nc(C(C)C)nc1Oc1ccc(F)cc1. The van der Waals surface area contributed by atoms with Gasteiger partial charge in [-0.25, -0.2) is 9.37 Å². The molecular formula is C14H16FN3O. The quantitative estimate of drug-likeness (QED) is 0.919. The fourth-order valence-electron chi connectivity index (χ4n) is 1.50. The zero-order valence-corrected chi connectivity index (χ0v) is 11.1. The lowest BCUT2D eigenvalue weighted by Crippen LogP contribution is -2.06. The van der Waals surface area contributed by atoms with Gasteiger partial charge < -0.3 is 10.5 Å². The van der Waals surface area contributed by atoms with Crippen molar-refractivity contribution in [2.75, 3.05) is 5.73 Å². The van der Waals surface area contributed by atoms with Crippen LogP contribution in [-0.4, -0.2) is 9.97 Å². The van der Waals surface area contributed by atoms with Gasteiger partial charge in [-0.2, -0.15) is 4.98 Å². The molecule has 2 rings (SSSR count). The van der Waals surface area contributed by atoms with E-state index in [1.807, 2.05) is 13.8 Å². The monoisotopic (exact) mass is 261 g/mol. The standard InChI is InChI=1S/C14H16FN3O/c1-8(2)13-17-12(16)9(3)14(18-13)19-11-6-4-10(15)5-7-11/h4-8H,1-3H3,(H2,16,17,18). The molecule has 0 bridgehead atoms. The van der Waals surface area contributed by atoms with Crippen LogP contribution in [-0.2, 0) is 0 Å². The molecule has 0 saturated carbocycles. The fraction of sp³-hybridized carbons (Fsp3) is 0.286. The van der Waals surface area contributed by atoms with Crippen LogP contribution in [0.2, 0.25) is 0 Å². The van der Waals surface area contributed by atoms with Gasteiger partial charge in [0.2, 0.25) is 5.88 Å². The van der Waals surface area contributed by atoms with E-state index < -0.39 is 0 Å². The van der Waals surface area contributed by atoms with Gasteiger partial charge >= 0.3 is 0 Å². The first kappa shape index (κ1) is 13.3. The molecule has 0 amide bonds. The predicted molar refractivity (Wildman–Crippen MR) is 71.7 cm³/mol. The van der Waals surface area contributed by atoms with Crippen LogP contribution < -0.4 is 10.5 Å². The minimum atomic E-state index is -0.311. The van der Waals surface area contributed by atoms with Crippen LogP contribution in [0.25, 0.3) is 0 Å².